The Kier molecular flexibility index (Phi) is 6.91. The van der Waals surface area contributed by atoms with E-state index in [9.17, 15) is 0 Å². The summed E-state index contributed by atoms with van der Waals surface area (Å²) in [7, 11) is 0. The number of imidazole rings is 1. The van der Waals surface area contributed by atoms with Crippen LogP contribution in [0.2, 0.25) is 0 Å². The number of aromatic nitrogens is 6. The van der Waals surface area contributed by atoms with Crippen LogP contribution in [0.5, 0.6) is 0 Å². The van der Waals surface area contributed by atoms with Gasteiger partial charge in [-0.05, 0) is 57.9 Å². The molecule has 0 bridgehead atoms. The van der Waals surface area contributed by atoms with Crippen LogP contribution in [0.15, 0.2) is 194 Å². The Hall–Kier alpha value is -8.22. The number of para-hydroxylation sites is 1. The minimum absolute atomic E-state index is 0.632. The topological polar surface area (TPSA) is 60.9 Å². The standard InChI is InChI=1S/C54H32N6/c1-3-16-34(17-4-1)51-56-52(35-18-5-2-6-19-35)58-53(57-51)41-29-31-45(38-23-10-9-22-37(38)41)59-46-28-14-25-40-39-24-11-12-27-44(39)60-50-43(30-32-47(59)49(50)48(40)46)55-54(60)42-26-13-20-33-15-7-8-21-36(33)42/h1-32H. The first-order valence-electron chi connectivity index (χ1n) is 20.2. The lowest BCUT2D eigenvalue weighted by Crippen LogP contribution is -2.01. The lowest BCUT2D eigenvalue weighted by Gasteiger charge is -2.15. The van der Waals surface area contributed by atoms with Crippen molar-refractivity contribution in [3.63, 3.8) is 0 Å². The molecule has 9 aromatic carbocycles. The summed E-state index contributed by atoms with van der Waals surface area (Å²) in [6.45, 7) is 0. The molecule has 0 fully saturated rings. The summed E-state index contributed by atoms with van der Waals surface area (Å²) in [6, 6.07) is 68.4. The molecule has 6 nitrogen and oxygen atoms in total. The minimum Gasteiger partial charge on any atom is -0.309 e. The Morgan fingerprint density at radius 3 is 1.70 bits per heavy atom. The number of rotatable bonds is 5. The Bertz CT molecular complexity index is 3760. The lowest BCUT2D eigenvalue weighted by atomic mass is 10.0. The summed E-state index contributed by atoms with van der Waals surface area (Å²) in [5.41, 5.74) is 10.5. The highest BCUT2D eigenvalue weighted by atomic mass is 15.1. The van der Waals surface area contributed by atoms with Crippen molar-refractivity contribution in [1.82, 2.24) is 28.9 Å². The molecular formula is C54H32N6. The third kappa shape index (κ3) is 4.70. The second-order valence-electron chi connectivity index (χ2n) is 15.4. The van der Waals surface area contributed by atoms with E-state index >= 15 is 0 Å². The van der Waals surface area contributed by atoms with Gasteiger partial charge in [0, 0.05) is 43.8 Å². The predicted octanol–water partition coefficient (Wildman–Crippen LogP) is 13.3. The van der Waals surface area contributed by atoms with Gasteiger partial charge < -0.3 is 4.57 Å². The van der Waals surface area contributed by atoms with Gasteiger partial charge in [-0.2, -0.15) is 0 Å². The smallest absolute Gasteiger partial charge is 0.164 e. The van der Waals surface area contributed by atoms with Gasteiger partial charge in [0.25, 0.3) is 0 Å². The zero-order chi connectivity index (χ0) is 39.3. The van der Waals surface area contributed by atoms with Crippen LogP contribution in [0.4, 0.5) is 0 Å². The van der Waals surface area contributed by atoms with Crippen molar-refractivity contribution in [3.8, 4) is 51.2 Å². The molecule has 0 saturated heterocycles. The second-order valence-corrected chi connectivity index (χ2v) is 15.4. The Balaban J connectivity index is 1.11. The molecule has 0 atom stereocenters. The van der Waals surface area contributed by atoms with E-state index in [0.717, 1.165) is 72.1 Å². The van der Waals surface area contributed by atoms with Gasteiger partial charge in [-0.15, -0.1) is 0 Å². The first-order chi connectivity index (χ1) is 29.8. The quantitative estimate of drug-likeness (QED) is 0.175. The van der Waals surface area contributed by atoms with E-state index in [1.807, 2.05) is 60.7 Å². The fraction of sp³-hybridized carbons (Fsp3) is 0. The van der Waals surface area contributed by atoms with Crippen LogP contribution in [0, 0.1) is 0 Å². The monoisotopic (exact) mass is 764 g/mol. The molecule has 0 spiro atoms. The first-order valence-corrected chi connectivity index (χ1v) is 20.2. The second kappa shape index (κ2) is 12.6. The van der Waals surface area contributed by atoms with Crippen molar-refractivity contribution in [2.24, 2.45) is 0 Å². The van der Waals surface area contributed by atoms with Gasteiger partial charge in [-0.3, -0.25) is 4.40 Å². The maximum atomic E-state index is 5.46. The molecule has 0 unspecified atom stereocenters. The van der Waals surface area contributed by atoms with E-state index in [4.69, 9.17) is 19.9 Å². The SMILES string of the molecule is c1ccc(-c2nc(-c3ccccc3)nc(-c3ccc(-n4c5cccc6c7ccccc7n7c(-c8cccc9ccccc89)nc8ccc4c(c65)c87)c4ccccc34)n2)cc1. The Morgan fingerprint density at radius 2 is 0.917 bits per heavy atom. The number of benzene rings is 9. The highest BCUT2D eigenvalue weighted by Gasteiger charge is 2.25. The predicted molar refractivity (Wildman–Crippen MR) is 246 cm³/mol. The van der Waals surface area contributed by atoms with Crippen LogP contribution >= 0.6 is 0 Å². The molecule has 0 saturated carbocycles. The summed E-state index contributed by atoms with van der Waals surface area (Å²) in [6.07, 6.45) is 0. The summed E-state index contributed by atoms with van der Waals surface area (Å²) < 4.78 is 4.86. The molecular weight excluding hydrogens is 733 g/mol. The summed E-state index contributed by atoms with van der Waals surface area (Å²) in [5.74, 6) is 2.85. The lowest BCUT2D eigenvalue weighted by molar-refractivity contribution is 1.08. The highest BCUT2D eigenvalue weighted by molar-refractivity contribution is 6.30. The largest absolute Gasteiger partial charge is 0.309 e. The van der Waals surface area contributed by atoms with Gasteiger partial charge in [-0.25, -0.2) is 19.9 Å². The van der Waals surface area contributed by atoms with Crippen LogP contribution in [0.1, 0.15) is 0 Å². The van der Waals surface area contributed by atoms with Gasteiger partial charge in [0.05, 0.1) is 33.3 Å². The van der Waals surface area contributed by atoms with Gasteiger partial charge in [0.2, 0.25) is 0 Å². The molecule has 0 aliphatic carbocycles. The van der Waals surface area contributed by atoms with Gasteiger partial charge in [0.15, 0.2) is 17.5 Å². The van der Waals surface area contributed by atoms with Gasteiger partial charge >= 0.3 is 0 Å². The normalized spacial score (nSPS) is 12.0. The molecule has 0 aliphatic heterocycles. The molecule has 0 aliphatic rings. The van der Waals surface area contributed by atoms with Crippen LogP contribution in [-0.2, 0) is 0 Å². The third-order valence-electron chi connectivity index (χ3n) is 12.1. The van der Waals surface area contributed by atoms with Crippen LogP contribution < -0.4 is 0 Å². The maximum Gasteiger partial charge on any atom is 0.164 e. The zero-order valence-corrected chi connectivity index (χ0v) is 32.2. The summed E-state index contributed by atoms with van der Waals surface area (Å²) >= 11 is 0. The van der Waals surface area contributed by atoms with Crippen LogP contribution in [-0.4, -0.2) is 28.9 Å². The molecule has 0 N–H and O–H groups in total. The molecule has 0 amide bonds. The van der Waals surface area contributed by atoms with E-state index < -0.39 is 0 Å². The van der Waals surface area contributed by atoms with E-state index in [1.54, 1.807) is 0 Å². The molecule has 6 heteroatoms. The molecule has 0 radical (unpaired) electrons. The number of hydrogen-bond acceptors (Lipinski definition) is 4. The van der Waals surface area contributed by atoms with Crippen molar-refractivity contribution in [2.75, 3.05) is 0 Å². The third-order valence-corrected chi connectivity index (χ3v) is 12.1. The van der Waals surface area contributed by atoms with Crippen molar-refractivity contribution >= 4 is 70.7 Å². The number of nitrogens with zero attached hydrogens (tertiary/aromatic N) is 6. The number of fused-ring (bicyclic) bond motifs is 5. The fourth-order valence-corrected chi connectivity index (χ4v) is 9.53. The van der Waals surface area contributed by atoms with Crippen LogP contribution in [0.3, 0.4) is 0 Å². The minimum atomic E-state index is 0.632. The van der Waals surface area contributed by atoms with E-state index in [-0.39, 0.29) is 0 Å². The van der Waals surface area contributed by atoms with Gasteiger partial charge in [0.1, 0.15) is 5.82 Å². The zero-order valence-electron chi connectivity index (χ0n) is 32.2. The molecule has 60 heavy (non-hydrogen) atoms. The van der Waals surface area contributed by atoms with Crippen molar-refractivity contribution < 1.29 is 0 Å². The average Bonchev–Trinajstić information content (AvgIpc) is 3.83. The summed E-state index contributed by atoms with van der Waals surface area (Å²) in [5, 5.41) is 9.34. The molecule has 4 heterocycles. The first kappa shape index (κ1) is 32.8. The van der Waals surface area contributed by atoms with Crippen LogP contribution in [0.25, 0.3) is 122 Å². The van der Waals surface area contributed by atoms with Gasteiger partial charge in [-0.1, -0.05) is 158 Å². The number of hydrogen-bond donors (Lipinski definition) is 0. The molecule has 4 aromatic heterocycles. The molecule has 13 aromatic rings. The van der Waals surface area contributed by atoms with E-state index in [2.05, 4.69) is 142 Å². The molecule has 13 rings (SSSR count). The maximum absolute atomic E-state index is 5.46. The molecule has 278 valence electrons. The van der Waals surface area contributed by atoms with E-state index in [0.29, 0.717) is 17.5 Å². The Labute approximate surface area is 343 Å². The van der Waals surface area contributed by atoms with Crippen molar-refractivity contribution in [1.29, 1.82) is 0 Å². The van der Waals surface area contributed by atoms with Crippen molar-refractivity contribution in [2.45, 2.75) is 0 Å². The Morgan fingerprint density at radius 1 is 0.333 bits per heavy atom. The average molecular weight is 765 g/mol. The summed E-state index contributed by atoms with van der Waals surface area (Å²) in [4.78, 5) is 20.7. The fourth-order valence-electron chi connectivity index (χ4n) is 9.53. The van der Waals surface area contributed by atoms with Crippen molar-refractivity contribution in [3.05, 3.63) is 194 Å². The van der Waals surface area contributed by atoms with E-state index in [1.165, 1.54) is 32.3 Å². The highest BCUT2D eigenvalue weighted by Crippen LogP contribution is 2.45.